The summed E-state index contributed by atoms with van der Waals surface area (Å²) in [4.78, 5) is 0. The van der Waals surface area contributed by atoms with Crippen LogP contribution < -0.4 is 0 Å². The molecule has 0 fully saturated rings. The highest BCUT2D eigenvalue weighted by molar-refractivity contribution is 7.99. The lowest BCUT2D eigenvalue weighted by Crippen LogP contribution is -2.28. The molecule has 2 heteroatoms. The Morgan fingerprint density at radius 3 is 2.50 bits per heavy atom. The van der Waals surface area contributed by atoms with Crippen LogP contribution in [0.3, 0.4) is 0 Å². The SMILES string of the molecule is CSC(C)C(C)(C)c1cccc(O)c1. The zero-order valence-corrected chi connectivity index (χ0v) is 10.1. The van der Waals surface area contributed by atoms with E-state index in [1.165, 1.54) is 5.56 Å². The van der Waals surface area contributed by atoms with Crippen LogP contribution in [-0.2, 0) is 5.41 Å². The predicted octanol–water partition coefficient (Wildman–Crippen LogP) is 3.42. The van der Waals surface area contributed by atoms with Crippen LogP contribution in [0.25, 0.3) is 0 Å². The van der Waals surface area contributed by atoms with Gasteiger partial charge in [0.2, 0.25) is 0 Å². The molecule has 0 saturated carbocycles. The number of aromatic hydroxyl groups is 1. The van der Waals surface area contributed by atoms with Crippen LogP contribution in [0.15, 0.2) is 24.3 Å². The largest absolute Gasteiger partial charge is 0.508 e. The molecule has 0 aromatic heterocycles. The van der Waals surface area contributed by atoms with E-state index in [-0.39, 0.29) is 5.41 Å². The van der Waals surface area contributed by atoms with E-state index < -0.39 is 0 Å². The topological polar surface area (TPSA) is 20.2 Å². The first kappa shape index (κ1) is 11.4. The van der Waals surface area contributed by atoms with Gasteiger partial charge in [-0.05, 0) is 24.0 Å². The highest BCUT2D eigenvalue weighted by Gasteiger charge is 2.27. The molecule has 78 valence electrons. The van der Waals surface area contributed by atoms with E-state index >= 15 is 0 Å². The van der Waals surface area contributed by atoms with Crippen molar-refractivity contribution in [2.75, 3.05) is 6.26 Å². The van der Waals surface area contributed by atoms with Gasteiger partial charge in [0.1, 0.15) is 5.75 Å². The maximum atomic E-state index is 9.42. The van der Waals surface area contributed by atoms with Crippen molar-refractivity contribution in [2.24, 2.45) is 0 Å². The first-order valence-corrected chi connectivity index (χ1v) is 6.09. The fourth-order valence-corrected chi connectivity index (χ4v) is 2.16. The molecule has 1 aromatic rings. The van der Waals surface area contributed by atoms with Gasteiger partial charge < -0.3 is 5.11 Å². The lowest BCUT2D eigenvalue weighted by molar-refractivity contribution is 0.467. The van der Waals surface area contributed by atoms with Crippen molar-refractivity contribution in [1.82, 2.24) is 0 Å². The van der Waals surface area contributed by atoms with Crippen LogP contribution in [0, 0.1) is 0 Å². The molecule has 1 aromatic carbocycles. The smallest absolute Gasteiger partial charge is 0.115 e. The van der Waals surface area contributed by atoms with Gasteiger partial charge in [-0.3, -0.25) is 0 Å². The van der Waals surface area contributed by atoms with E-state index in [0.717, 1.165) is 0 Å². The van der Waals surface area contributed by atoms with Gasteiger partial charge in [-0.25, -0.2) is 0 Å². The molecular weight excluding hydrogens is 192 g/mol. The average molecular weight is 210 g/mol. The van der Waals surface area contributed by atoms with Crippen LogP contribution in [-0.4, -0.2) is 16.6 Å². The average Bonchev–Trinajstić information content (AvgIpc) is 2.16. The summed E-state index contributed by atoms with van der Waals surface area (Å²) in [6.45, 7) is 6.64. The second-order valence-electron chi connectivity index (χ2n) is 4.15. The van der Waals surface area contributed by atoms with Gasteiger partial charge >= 0.3 is 0 Å². The minimum atomic E-state index is 0.0954. The van der Waals surface area contributed by atoms with Crippen LogP contribution >= 0.6 is 11.8 Å². The second kappa shape index (κ2) is 4.26. The van der Waals surface area contributed by atoms with Gasteiger partial charge in [-0.1, -0.05) is 32.9 Å². The van der Waals surface area contributed by atoms with Crippen LogP contribution in [0.4, 0.5) is 0 Å². The summed E-state index contributed by atoms with van der Waals surface area (Å²) in [6, 6.07) is 7.54. The van der Waals surface area contributed by atoms with Gasteiger partial charge in [0.15, 0.2) is 0 Å². The van der Waals surface area contributed by atoms with E-state index in [2.05, 4.69) is 33.1 Å². The summed E-state index contributed by atoms with van der Waals surface area (Å²) >= 11 is 1.85. The Bertz CT molecular complexity index is 307. The van der Waals surface area contributed by atoms with Gasteiger partial charge in [-0.2, -0.15) is 11.8 Å². The quantitative estimate of drug-likeness (QED) is 0.825. The van der Waals surface area contributed by atoms with E-state index in [1.54, 1.807) is 6.07 Å². The number of hydrogen-bond acceptors (Lipinski definition) is 2. The number of phenolic OH excluding ortho intramolecular Hbond substituents is 1. The van der Waals surface area contributed by atoms with Crippen molar-refractivity contribution in [3.63, 3.8) is 0 Å². The molecule has 1 rings (SSSR count). The first-order chi connectivity index (χ1) is 6.48. The normalized spacial score (nSPS) is 14.0. The van der Waals surface area contributed by atoms with Crippen molar-refractivity contribution >= 4 is 11.8 Å². The van der Waals surface area contributed by atoms with Crippen LogP contribution in [0.1, 0.15) is 26.3 Å². The molecule has 1 N–H and O–H groups in total. The molecule has 0 aliphatic rings. The molecule has 0 amide bonds. The molecule has 14 heavy (non-hydrogen) atoms. The number of phenols is 1. The molecule has 1 atom stereocenters. The molecular formula is C12H18OS. The summed E-state index contributed by atoms with van der Waals surface area (Å²) < 4.78 is 0. The standard InChI is InChI=1S/C12H18OS/c1-9(14-4)12(2,3)10-6-5-7-11(13)8-10/h5-9,13H,1-4H3. The summed E-state index contributed by atoms with van der Waals surface area (Å²) in [6.07, 6.45) is 2.12. The minimum absolute atomic E-state index is 0.0954. The Morgan fingerprint density at radius 2 is 2.00 bits per heavy atom. The molecule has 0 radical (unpaired) electrons. The van der Waals surface area contributed by atoms with Gasteiger partial charge in [0, 0.05) is 10.7 Å². The third-order valence-corrected chi connectivity index (χ3v) is 4.26. The lowest BCUT2D eigenvalue weighted by Gasteiger charge is -2.31. The monoisotopic (exact) mass is 210 g/mol. The number of hydrogen-bond donors (Lipinski definition) is 1. The van der Waals surface area contributed by atoms with Crippen molar-refractivity contribution in [2.45, 2.75) is 31.4 Å². The fraction of sp³-hybridized carbons (Fsp3) is 0.500. The molecule has 0 aliphatic carbocycles. The predicted molar refractivity (Wildman–Crippen MR) is 64.1 cm³/mol. The maximum Gasteiger partial charge on any atom is 0.115 e. The molecule has 0 heterocycles. The minimum Gasteiger partial charge on any atom is -0.508 e. The third-order valence-electron chi connectivity index (χ3n) is 2.96. The molecule has 0 saturated heterocycles. The van der Waals surface area contributed by atoms with Crippen molar-refractivity contribution in [1.29, 1.82) is 0 Å². The first-order valence-electron chi connectivity index (χ1n) is 4.80. The molecule has 1 nitrogen and oxygen atoms in total. The lowest BCUT2D eigenvalue weighted by atomic mass is 9.82. The van der Waals surface area contributed by atoms with E-state index in [0.29, 0.717) is 11.0 Å². The Kier molecular flexibility index (Phi) is 3.48. The number of rotatable bonds is 3. The molecule has 0 bridgehead atoms. The zero-order chi connectivity index (χ0) is 10.8. The van der Waals surface area contributed by atoms with Gasteiger partial charge in [-0.15, -0.1) is 0 Å². The third kappa shape index (κ3) is 2.24. The van der Waals surface area contributed by atoms with Crippen LogP contribution in [0.2, 0.25) is 0 Å². The Labute approximate surface area is 90.5 Å². The van der Waals surface area contributed by atoms with E-state index in [9.17, 15) is 5.11 Å². The summed E-state index contributed by atoms with van der Waals surface area (Å²) in [5.41, 5.74) is 1.29. The van der Waals surface area contributed by atoms with Gasteiger partial charge in [0.05, 0.1) is 0 Å². The fourth-order valence-electron chi connectivity index (χ4n) is 1.44. The second-order valence-corrected chi connectivity index (χ2v) is 5.33. The molecule has 0 spiro atoms. The summed E-state index contributed by atoms with van der Waals surface area (Å²) in [7, 11) is 0. The Hall–Kier alpha value is -0.630. The van der Waals surface area contributed by atoms with E-state index in [4.69, 9.17) is 0 Å². The number of thioether (sulfide) groups is 1. The van der Waals surface area contributed by atoms with Gasteiger partial charge in [0.25, 0.3) is 0 Å². The molecule has 1 unspecified atom stereocenters. The molecule has 0 aliphatic heterocycles. The highest BCUT2D eigenvalue weighted by Crippen LogP contribution is 2.34. The highest BCUT2D eigenvalue weighted by atomic mass is 32.2. The van der Waals surface area contributed by atoms with E-state index in [1.807, 2.05) is 23.9 Å². The van der Waals surface area contributed by atoms with Crippen LogP contribution in [0.5, 0.6) is 5.75 Å². The van der Waals surface area contributed by atoms with Crippen molar-refractivity contribution in [3.8, 4) is 5.75 Å². The Balaban J connectivity index is 3.03. The van der Waals surface area contributed by atoms with Crippen molar-refractivity contribution < 1.29 is 5.11 Å². The summed E-state index contributed by atoms with van der Waals surface area (Å²) in [5, 5.41) is 9.96. The summed E-state index contributed by atoms with van der Waals surface area (Å²) in [5.74, 6) is 0.351. The number of benzene rings is 1. The Morgan fingerprint density at radius 1 is 1.36 bits per heavy atom. The zero-order valence-electron chi connectivity index (χ0n) is 9.24. The van der Waals surface area contributed by atoms with Crippen molar-refractivity contribution in [3.05, 3.63) is 29.8 Å². The maximum absolute atomic E-state index is 9.42.